The molecule has 7 heteroatoms. The van der Waals surface area contributed by atoms with Crippen LogP contribution in [0.5, 0.6) is 0 Å². The summed E-state index contributed by atoms with van der Waals surface area (Å²) >= 11 is 0. The van der Waals surface area contributed by atoms with E-state index in [4.69, 9.17) is 4.74 Å². The number of hydrogen-bond donors (Lipinski definition) is 0. The van der Waals surface area contributed by atoms with Crippen molar-refractivity contribution in [2.45, 2.75) is 26.3 Å². The number of hydrogen-bond acceptors (Lipinski definition) is 5. The quantitative estimate of drug-likeness (QED) is 0.684. The minimum Gasteiger partial charge on any atom is -0.466 e. The summed E-state index contributed by atoms with van der Waals surface area (Å²) in [6, 6.07) is 9.88. The Balaban J connectivity index is 1.52. The number of rotatable bonds is 7. The first-order valence-corrected chi connectivity index (χ1v) is 9.78. The molecular formula is C21H28N4O3. The Kier molecular flexibility index (Phi) is 6.81. The zero-order chi connectivity index (χ0) is 19.9. The van der Waals surface area contributed by atoms with E-state index >= 15 is 0 Å². The first-order chi connectivity index (χ1) is 13.6. The van der Waals surface area contributed by atoms with Crippen LogP contribution in [0, 0.1) is 5.92 Å². The Hall–Kier alpha value is -2.67. The molecule has 7 nitrogen and oxygen atoms in total. The lowest BCUT2D eigenvalue weighted by molar-refractivity contribution is -0.150. The number of aromatic nitrogens is 2. The SMILES string of the molecule is CCOC(=O)C1CCCN(CC(=O)N(C)Cc2cnn(-c3ccccc3)c2)C1. The summed E-state index contributed by atoms with van der Waals surface area (Å²) in [6.07, 6.45) is 5.47. The normalized spacial score (nSPS) is 17.3. The van der Waals surface area contributed by atoms with E-state index in [2.05, 4.69) is 10.00 Å². The minimum absolute atomic E-state index is 0.0389. The molecule has 1 fully saturated rings. The van der Waals surface area contributed by atoms with Crippen molar-refractivity contribution in [1.82, 2.24) is 19.6 Å². The van der Waals surface area contributed by atoms with Gasteiger partial charge in [0.2, 0.25) is 5.91 Å². The lowest BCUT2D eigenvalue weighted by Gasteiger charge is -2.32. The molecule has 0 saturated carbocycles. The molecule has 1 amide bonds. The highest BCUT2D eigenvalue weighted by molar-refractivity contribution is 5.78. The highest BCUT2D eigenvalue weighted by Gasteiger charge is 2.28. The fourth-order valence-corrected chi connectivity index (χ4v) is 3.49. The van der Waals surface area contributed by atoms with Crippen molar-refractivity contribution < 1.29 is 14.3 Å². The molecule has 28 heavy (non-hydrogen) atoms. The lowest BCUT2D eigenvalue weighted by Crippen LogP contribution is -2.44. The van der Waals surface area contributed by atoms with Gasteiger partial charge in [-0.3, -0.25) is 14.5 Å². The van der Waals surface area contributed by atoms with E-state index in [1.807, 2.05) is 48.1 Å². The molecule has 3 rings (SSSR count). The Morgan fingerprint density at radius 3 is 2.82 bits per heavy atom. The second kappa shape index (κ2) is 9.50. The Morgan fingerprint density at radius 2 is 2.07 bits per heavy atom. The molecule has 0 radical (unpaired) electrons. The first-order valence-electron chi connectivity index (χ1n) is 9.78. The van der Waals surface area contributed by atoms with Gasteiger partial charge in [0.15, 0.2) is 0 Å². The van der Waals surface area contributed by atoms with Crippen LogP contribution in [0.3, 0.4) is 0 Å². The largest absolute Gasteiger partial charge is 0.466 e. The third kappa shape index (κ3) is 5.19. The number of para-hydroxylation sites is 1. The molecule has 1 aliphatic heterocycles. The number of ether oxygens (including phenoxy) is 1. The van der Waals surface area contributed by atoms with Gasteiger partial charge in [0.1, 0.15) is 0 Å². The third-order valence-corrected chi connectivity index (χ3v) is 4.99. The van der Waals surface area contributed by atoms with Crippen LogP contribution in [-0.4, -0.2) is 64.7 Å². The highest BCUT2D eigenvalue weighted by Crippen LogP contribution is 2.18. The number of likely N-dealkylation sites (tertiary alicyclic amines) is 1. The molecule has 1 aromatic carbocycles. The number of benzene rings is 1. The average Bonchev–Trinajstić information content (AvgIpc) is 3.17. The smallest absolute Gasteiger partial charge is 0.310 e. The molecule has 150 valence electrons. The molecular weight excluding hydrogens is 356 g/mol. The monoisotopic (exact) mass is 384 g/mol. The number of esters is 1. The van der Waals surface area contributed by atoms with E-state index in [1.165, 1.54) is 0 Å². The molecule has 1 aliphatic rings. The van der Waals surface area contributed by atoms with Gasteiger partial charge in [-0.1, -0.05) is 18.2 Å². The number of piperidine rings is 1. The molecule has 2 aromatic rings. The lowest BCUT2D eigenvalue weighted by atomic mass is 9.98. The van der Waals surface area contributed by atoms with Gasteiger partial charge < -0.3 is 9.64 Å². The van der Waals surface area contributed by atoms with E-state index in [0.717, 1.165) is 30.6 Å². The van der Waals surface area contributed by atoms with Gasteiger partial charge in [0, 0.05) is 31.9 Å². The van der Waals surface area contributed by atoms with E-state index in [0.29, 0.717) is 26.2 Å². The van der Waals surface area contributed by atoms with Crippen molar-refractivity contribution in [3.63, 3.8) is 0 Å². The van der Waals surface area contributed by atoms with Crippen LogP contribution in [0.25, 0.3) is 5.69 Å². The molecule has 1 saturated heterocycles. The van der Waals surface area contributed by atoms with Crippen LogP contribution < -0.4 is 0 Å². The van der Waals surface area contributed by atoms with Crippen LogP contribution >= 0.6 is 0 Å². The van der Waals surface area contributed by atoms with E-state index in [-0.39, 0.29) is 17.8 Å². The zero-order valence-electron chi connectivity index (χ0n) is 16.6. The highest BCUT2D eigenvalue weighted by atomic mass is 16.5. The predicted molar refractivity (Wildman–Crippen MR) is 106 cm³/mol. The maximum absolute atomic E-state index is 12.6. The molecule has 0 aliphatic carbocycles. The summed E-state index contributed by atoms with van der Waals surface area (Å²) in [5.41, 5.74) is 1.96. The Labute approximate surface area is 165 Å². The Bertz CT molecular complexity index is 790. The summed E-state index contributed by atoms with van der Waals surface area (Å²) in [5, 5.41) is 4.38. The number of amides is 1. The summed E-state index contributed by atoms with van der Waals surface area (Å²) in [6.45, 7) is 4.45. The van der Waals surface area contributed by atoms with Crippen molar-refractivity contribution >= 4 is 11.9 Å². The van der Waals surface area contributed by atoms with Crippen LogP contribution in [0.2, 0.25) is 0 Å². The second-order valence-electron chi connectivity index (χ2n) is 7.20. The molecule has 2 heterocycles. The van der Waals surface area contributed by atoms with E-state index in [1.54, 1.807) is 18.1 Å². The van der Waals surface area contributed by atoms with Crippen LogP contribution in [0.4, 0.5) is 0 Å². The summed E-state index contributed by atoms with van der Waals surface area (Å²) in [5.74, 6) is -0.241. The van der Waals surface area contributed by atoms with Crippen molar-refractivity contribution in [3.8, 4) is 5.69 Å². The second-order valence-corrected chi connectivity index (χ2v) is 7.20. The molecule has 0 spiro atoms. The standard InChI is InChI=1S/C21H28N4O3/c1-3-28-21(27)18-8-7-11-24(15-18)16-20(26)23(2)13-17-12-22-25(14-17)19-9-5-4-6-10-19/h4-6,9-10,12,14,18H,3,7-8,11,13,15-16H2,1-2H3. The van der Waals surface area contributed by atoms with Gasteiger partial charge in [0.25, 0.3) is 0 Å². The molecule has 1 atom stereocenters. The third-order valence-electron chi connectivity index (χ3n) is 4.99. The van der Waals surface area contributed by atoms with Gasteiger partial charge in [-0.25, -0.2) is 4.68 Å². The number of carbonyl (C=O) groups is 2. The average molecular weight is 384 g/mol. The summed E-state index contributed by atoms with van der Waals surface area (Å²) in [7, 11) is 1.80. The van der Waals surface area contributed by atoms with Crippen LogP contribution in [-0.2, 0) is 20.9 Å². The van der Waals surface area contributed by atoms with Crippen LogP contribution in [0.1, 0.15) is 25.3 Å². The van der Waals surface area contributed by atoms with Gasteiger partial charge in [-0.05, 0) is 38.4 Å². The number of likely N-dealkylation sites (N-methyl/N-ethyl adjacent to an activating group) is 1. The van der Waals surface area contributed by atoms with E-state index in [9.17, 15) is 9.59 Å². The van der Waals surface area contributed by atoms with E-state index < -0.39 is 0 Å². The van der Waals surface area contributed by atoms with Gasteiger partial charge in [0.05, 0.1) is 31.0 Å². The molecule has 0 bridgehead atoms. The van der Waals surface area contributed by atoms with Crippen molar-refractivity contribution in [3.05, 3.63) is 48.3 Å². The predicted octanol–water partition coefficient (Wildman–Crippen LogP) is 2.11. The molecule has 1 unspecified atom stereocenters. The van der Waals surface area contributed by atoms with Gasteiger partial charge in [-0.15, -0.1) is 0 Å². The topological polar surface area (TPSA) is 67.7 Å². The maximum Gasteiger partial charge on any atom is 0.310 e. The van der Waals surface area contributed by atoms with Crippen molar-refractivity contribution in [2.24, 2.45) is 5.92 Å². The zero-order valence-corrected chi connectivity index (χ0v) is 16.6. The maximum atomic E-state index is 12.6. The summed E-state index contributed by atoms with van der Waals surface area (Å²) in [4.78, 5) is 28.4. The summed E-state index contributed by atoms with van der Waals surface area (Å²) < 4.78 is 6.94. The fraction of sp³-hybridized carbons (Fsp3) is 0.476. The number of carbonyl (C=O) groups excluding carboxylic acids is 2. The molecule has 1 aromatic heterocycles. The number of nitrogens with zero attached hydrogens (tertiary/aromatic N) is 4. The van der Waals surface area contributed by atoms with Gasteiger partial charge >= 0.3 is 5.97 Å². The van der Waals surface area contributed by atoms with Crippen molar-refractivity contribution in [2.75, 3.05) is 33.3 Å². The Morgan fingerprint density at radius 1 is 1.29 bits per heavy atom. The minimum atomic E-state index is -0.152. The molecule has 0 N–H and O–H groups in total. The van der Waals surface area contributed by atoms with Crippen LogP contribution in [0.15, 0.2) is 42.7 Å². The van der Waals surface area contributed by atoms with Crippen molar-refractivity contribution in [1.29, 1.82) is 0 Å². The van der Waals surface area contributed by atoms with Gasteiger partial charge in [-0.2, -0.15) is 5.10 Å². The fourth-order valence-electron chi connectivity index (χ4n) is 3.49. The first kappa shape index (κ1) is 20.1.